The molecule has 100 valence electrons. The lowest BCUT2D eigenvalue weighted by atomic mass is 10.0. The van der Waals surface area contributed by atoms with Gasteiger partial charge in [0.1, 0.15) is 0 Å². The van der Waals surface area contributed by atoms with Crippen molar-refractivity contribution < 1.29 is 4.79 Å². The molecule has 0 aliphatic rings. The van der Waals surface area contributed by atoms with E-state index in [0.717, 1.165) is 21.9 Å². The highest BCUT2D eigenvalue weighted by Crippen LogP contribution is 2.17. The van der Waals surface area contributed by atoms with Crippen LogP contribution in [0.25, 0.3) is 10.8 Å². The van der Waals surface area contributed by atoms with Gasteiger partial charge in [0, 0.05) is 12.0 Å². The largest absolute Gasteiger partial charge is 0.285 e. The Morgan fingerprint density at radius 2 is 1.52 bits per heavy atom. The SMILES string of the molecule is O=C(C#Cc1cccc2ccccc12)Cc1ccccc1. The van der Waals surface area contributed by atoms with Crippen molar-refractivity contribution in [3.63, 3.8) is 0 Å². The molecule has 0 radical (unpaired) electrons. The van der Waals surface area contributed by atoms with Gasteiger partial charge in [-0.15, -0.1) is 0 Å². The lowest BCUT2D eigenvalue weighted by Crippen LogP contribution is -1.98. The van der Waals surface area contributed by atoms with E-state index in [9.17, 15) is 4.79 Å². The van der Waals surface area contributed by atoms with E-state index in [-0.39, 0.29) is 5.78 Å². The number of hydrogen-bond donors (Lipinski definition) is 0. The van der Waals surface area contributed by atoms with Gasteiger partial charge in [0.05, 0.1) is 0 Å². The molecule has 0 atom stereocenters. The molecule has 0 bridgehead atoms. The Balaban J connectivity index is 1.84. The summed E-state index contributed by atoms with van der Waals surface area (Å²) in [4.78, 5) is 11.9. The first-order valence-electron chi connectivity index (χ1n) is 6.89. The van der Waals surface area contributed by atoms with Gasteiger partial charge in [0.15, 0.2) is 0 Å². The summed E-state index contributed by atoms with van der Waals surface area (Å²) in [5.74, 6) is 5.70. The van der Waals surface area contributed by atoms with Crippen molar-refractivity contribution in [1.82, 2.24) is 0 Å². The molecule has 0 N–H and O–H groups in total. The Morgan fingerprint density at radius 3 is 2.38 bits per heavy atom. The van der Waals surface area contributed by atoms with E-state index in [4.69, 9.17) is 0 Å². The van der Waals surface area contributed by atoms with Gasteiger partial charge in [-0.3, -0.25) is 4.79 Å². The third kappa shape index (κ3) is 3.19. The number of carbonyl (C=O) groups is 1. The monoisotopic (exact) mass is 270 g/mol. The molecule has 0 aliphatic heterocycles. The molecule has 0 saturated carbocycles. The van der Waals surface area contributed by atoms with Crippen LogP contribution >= 0.6 is 0 Å². The molecule has 3 aromatic carbocycles. The van der Waals surface area contributed by atoms with Crippen LogP contribution in [0.3, 0.4) is 0 Å². The van der Waals surface area contributed by atoms with Crippen molar-refractivity contribution in [1.29, 1.82) is 0 Å². The molecule has 1 nitrogen and oxygen atoms in total. The third-order valence-corrected chi connectivity index (χ3v) is 3.33. The standard InChI is InChI=1S/C20H14O/c21-19(15-16-7-2-1-3-8-16)14-13-18-11-6-10-17-9-4-5-12-20(17)18/h1-12H,15H2. The number of ketones is 1. The number of rotatable bonds is 2. The minimum absolute atomic E-state index is 0.0610. The van der Waals surface area contributed by atoms with Crippen molar-refractivity contribution in [2.45, 2.75) is 6.42 Å². The van der Waals surface area contributed by atoms with E-state index in [2.05, 4.69) is 11.8 Å². The maximum Gasteiger partial charge on any atom is 0.210 e. The van der Waals surface area contributed by atoms with Crippen molar-refractivity contribution in [2.24, 2.45) is 0 Å². The summed E-state index contributed by atoms with van der Waals surface area (Å²) < 4.78 is 0. The van der Waals surface area contributed by atoms with Crippen LogP contribution in [0, 0.1) is 11.8 Å². The molecule has 3 rings (SSSR count). The van der Waals surface area contributed by atoms with E-state index >= 15 is 0 Å². The molecule has 0 aromatic heterocycles. The van der Waals surface area contributed by atoms with Crippen LogP contribution in [0.1, 0.15) is 11.1 Å². The smallest absolute Gasteiger partial charge is 0.210 e. The average molecular weight is 270 g/mol. The first kappa shape index (κ1) is 13.1. The zero-order valence-corrected chi connectivity index (χ0v) is 11.5. The summed E-state index contributed by atoms with van der Waals surface area (Å²) in [7, 11) is 0. The minimum Gasteiger partial charge on any atom is -0.285 e. The quantitative estimate of drug-likeness (QED) is 0.643. The third-order valence-electron chi connectivity index (χ3n) is 3.33. The van der Waals surface area contributed by atoms with Crippen LogP contribution in [0.15, 0.2) is 72.8 Å². The second kappa shape index (κ2) is 6.07. The Kier molecular flexibility index (Phi) is 3.80. The van der Waals surface area contributed by atoms with Crippen LogP contribution in [0.5, 0.6) is 0 Å². The first-order chi connectivity index (χ1) is 10.3. The van der Waals surface area contributed by atoms with Crippen molar-refractivity contribution in [2.75, 3.05) is 0 Å². The molecule has 0 heterocycles. The Morgan fingerprint density at radius 1 is 0.810 bits per heavy atom. The van der Waals surface area contributed by atoms with Gasteiger partial charge in [-0.2, -0.15) is 0 Å². The van der Waals surface area contributed by atoms with Crippen LogP contribution in [0.4, 0.5) is 0 Å². The summed E-state index contributed by atoms with van der Waals surface area (Å²) in [6.07, 6.45) is 0.360. The zero-order chi connectivity index (χ0) is 14.5. The lowest BCUT2D eigenvalue weighted by Gasteiger charge is -1.99. The van der Waals surface area contributed by atoms with E-state index in [1.807, 2.05) is 72.8 Å². The number of fused-ring (bicyclic) bond motifs is 1. The summed E-state index contributed by atoms with van der Waals surface area (Å²) in [5.41, 5.74) is 1.89. The van der Waals surface area contributed by atoms with Crippen LogP contribution < -0.4 is 0 Å². The number of carbonyl (C=O) groups excluding carboxylic acids is 1. The molecular weight excluding hydrogens is 256 g/mol. The molecule has 1 heteroatoms. The van der Waals surface area contributed by atoms with Gasteiger partial charge in [0.2, 0.25) is 5.78 Å². The molecule has 0 aliphatic carbocycles. The summed E-state index contributed by atoms with van der Waals surface area (Å²) >= 11 is 0. The Bertz CT molecular complexity index is 830. The zero-order valence-electron chi connectivity index (χ0n) is 11.5. The second-order valence-electron chi connectivity index (χ2n) is 4.86. The van der Waals surface area contributed by atoms with Crippen molar-refractivity contribution in [3.8, 4) is 11.8 Å². The van der Waals surface area contributed by atoms with Gasteiger partial charge in [-0.1, -0.05) is 72.7 Å². The summed E-state index contributed by atoms with van der Waals surface area (Å²) in [6, 6.07) is 23.7. The molecule has 21 heavy (non-hydrogen) atoms. The predicted octanol–water partition coefficient (Wildman–Crippen LogP) is 4.00. The van der Waals surface area contributed by atoms with E-state index in [1.54, 1.807) is 0 Å². The van der Waals surface area contributed by atoms with Crippen molar-refractivity contribution in [3.05, 3.63) is 83.9 Å². The van der Waals surface area contributed by atoms with Gasteiger partial charge >= 0.3 is 0 Å². The lowest BCUT2D eigenvalue weighted by molar-refractivity contribution is -0.113. The molecule has 0 fully saturated rings. The van der Waals surface area contributed by atoms with Gasteiger partial charge < -0.3 is 0 Å². The molecule has 0 saturated heterocycles. The maximum absolute atomic E-state index is 11.9. The maximum atomic E-state index is 11.9. The highest BCUT2D eigenvalue weighted by atomic mass is 16.1. The number of hydrogen-bond acceptors (Lipinski definition) is 1. The van der Waals surface area contributed by atoms with Crippen LogP contribution in [0.2, 0.25) is 0 Å². The fraction of sp³-hybridized carbons (Fsp3) is 0.0500. The van der Waals surface area contributed by atoms with Gasteiger partial charge in [0.25, 0.3) is 0 Å². The predicted molar refractivity (Wildman–Crippen MR) is 86.0 cm³/mol. The van der Waals surface area contributed by atoms with E-state index in [0.29, 0.717) is 6.42 Å². The van der Waals surface area contributed by atoms with Crippen molar-refractivity contribution >= 4 is 16.6 Å². The summed E-state index contributed by atoms with van der Waals surface area (Å²) in [5, 5.41) is 2.22. The second-order valence-corrected chi connectivity index (χ2v) is 4.86. The van der Waals surface area contributed by atoms with Crippen LogP contribution in [-0.2, 0) is 11.2 Å². The molecule has 3 aromatic rings. The molecule has 0 spiro atoms. The molecular formula is C20H14O. The first-order valence-corrected chi connectivity index (χ1v) is 6.89. The topological polar surface area (TPSA) is 17.1 Å². The van der Waals surface area contributed by atoms with E-state index < -0.39 is 0 Å². The Hall–Kier alpha value is -2.85. The molecule has 0 amide bonds. The van der Waals surface area contributed by atoms with E-state index in [1.165, 1.54) is 0 Å². The fourth-order valence-corrected chi connectivity index (χ4v) is 2.30. The fourth-order valence-electron chi connectivity index (χ4n) is 2.30. The summed E-state index contributed by atoms with van der Waals surface area (Å²) in [6.45, 7) is 0. The van der Waals surface area contributed by atoms with Gasteiger partial charge in [-0.05, 0) is 28.3 Å². The number of benzene rings is 3. The minimum atomic E-state index is -0.0610. The van der Waals surface area contributed by atoms with Gasteiger partial charge in [-0.25, -0.2) is 0 Å². The average Bonchev–Trinajstić information content (AvgIpc) is 2.54. The highest BCUT2D eigenvalue weighted by molar-refractivity contribution is 5.98. The highest BCUT2D eigenvalue weighted by Gasteiger charge is 2.00. The van der Waals surface area contributed by atoms with Crippen LogP contribution in [-0.4, -0.2) is 5.78 Å². The Labute approximate surface area is 124 Å². The normalized spacial score (nSPS) is 9.90. The molecule has 0 unspecified atom stereocenters. The number of Topliss-reactive ketones (excluding diaryl/α,β-unsaturated/α-hetero) is 1.